The maximum absolute atomic E-state index is 12.4. The molecule has 29 heavy (non-hydrogen) atoms. The Hall–Kier alpha value is -3.65. The van der Waals surface area contributed by atoms with E-state index in [1.165, 1.54) is 11.3 Å². The Labute approximate surface area is 170 Å². The van der Waals surface area contributed by atoms with Crippen LogP contribution in [0.25, 0.3) is 22.2 Å². The summed E-state index contributed by atoms with van der Waals surface area (Å²) < 4.78 is 16.0. The van der Waals surface area contributed by atoms with E-state index >= 15 is 0 Å². The first-order valence-electron chi connectivity index (χ1n) is 8.76. The number of ether oxygens (including phenoxy) is 2. The van der Waals surface area contributed by atoms with E-state index in [2.05, 4.69) is 15.5 Å². The Morgan fingerprint density at radius 1 is 1.07 bits per heavy atom. The smallest absolute Gasteiger partial charge is 0.262 e. The fourth-order valence-electron chi connectivity index (χ4n) is 2.62. The number of rotatable bonds is 7. The maximum atomic E-state index is 12.4. The lowest BCUT2D eigenvalue weighted by Crippen LogP contribution is -2.20. The van der Waals surface area contributed by atoms with E-state index in [-0.39, 0.29) is 12.5 Å². The number of carbonyl (C=O) groups is 1. The summed E-state index contributed by atoms with van der Waals surface area (Å²) in [6.45, 7) is -0.134. The maximum Gasteiger partial charge on any atom is 0.262 e. The van der Waals surface area contributed by atoms with Gasteiger partial charge in [0.1, 0.15) is 11.5 Å². The molecule has 2 aromatic heterocycles. The topological polar surface area (TPSA) is 86.5 Å². The molecule has 7 nitrogen and oxygen atoms in total. The predicted molar refractivity (Wildman–Crippen MR) is 110 cm³/mol. The van der Waals surface area contributed by atoms with Crippen LogP contribution in [-0.4, -0.2) is 29.8 Å². The number of anilines is 1. The molecule has 2 aromatic carbocycles. The lowest BCUT2D eigenvalue weighted by atomic mass is 10.1. The van der Waals surface area contributed by atoms with Crippen LogP contribution < -0.4 is 14.8 Å². The number of nitrogens with zero attached hydrogens (tertiary/aromatic N) is 2. The van der Waals surface area contributed by atoms with Crippen LogP contribution in [0.4, 0.5) is 5.69 Å². The van der Waals surface area contributed by atoms with Crippen molar-refractivity contribution in [2.45, 2.75) is 0 Å². The SMILES string of the molecule is COc1ccc(OCC(=O)Nc2ccccc2-c2nc(-c3cccs3)no2)cc1. The van der Waals surface area contributed by atoms with E-state index in [9.17, 15) is 4.79 Å². The summed E-state index contributed by atoms with van der Waals surface area (Å²) in [7, 11) is 1.59. The first kappa shape index (κ1) is 18.7. The Bertz CT molecular complexity index is 1090. The Balaban J connectivity index is 1.44. The lowest BCUT2D eigenvalue weighted by Gasteiger charge is -2.10. The van der Waals surface area contributed by atoms with Crippen LogP contribution in [0.3, 0.4) is 0 Å². The number of para-hydroxylation sites is 1. The fraction of sp³-hybridized carbons (Fsp3) is 0.0952. The number of aromatic nitrogens is 2. The molecule has 0 unspecified atom stereocenters. The molecule has 0 fully saturated rings. The summed E-state index contributed by atoms with van der Waals surface area (Å²) in [5.74, 6) is 1.84. The van der Waals surface area contributed by atoms with Gasteiger partial charge in [-0.2, -0.15) is 4.98 Å². The fourth-order valence-corrected chi connectivity index (χ4v) is 3.27. The Morgan fingerprint density at radius 2 is 1.86 bits per heavy atom. The lowest BCUT2D eigenvalue weighted by molar-refractivity contribution is -0.118. The molecule has 4 rings (SSSR count). The van der Waals surface area contributed by atoms with Crippen molar-refractivity contribution in [3.05, 3.63) is 66.0 Å². The monoisotopic (exact) mass is 407 g/mol. The van der Waals surface area contributed by atoms with Crippen molar-refractivity contribution < 1.29 is 18.8 Å². The molecule has 4 aromatic rings. The molecule has 1 N–H and O–H groups in total. The summed E-state index contributed by atoms with van der Waals surface area (Å²) in [5.41, 5.74) is 1.21. The third-order valence-electron chi connectivity index (χ3n) is 4.03. The molecule has 0 aliphatic carbocycles. The van der Waals surface area contributed by atoms with Gasteiger partial charge >= 0.3 is 0 Å². The highest BCUT2D eigenvalue weighted by Gasteiger charge is 2.16. The van der Waals surface area contributed by atoms with Gasteiger partial charge in [-0.3, -0.25) is 4.79 Å². The van der Waals surface area contributed by atoms with Crippen molar-refractivity contribution in [2.75, 3.05) is 19.0 Å². The first-order chi connectivity index (χ1) is 14.2. The number of methoxy groups -OCH3 is 1. The van der Waals surface area contributed by atoms with E-state index in [4.69, 9.17) is 14.0 Å². The van der Waals surface area contributed by atoms with Crippen LogP contribution in [0.5, 0.6) is 11.5 Å². The van der Waals surface area contributed by atoms with Crippen LogP contribution in [-0.2, 0) is 4.79 Å². The minimum absolute atomic E-state index is 0.134. The van der Waals surface area contributed by atoms with Crippen LogP contribution >= 0.6 is 11.3 Å². The zero-order valence-electron chi connectivity index (χ0n) is 15.5. The van der Waals surface area contributed by atoms with E-state index in [0.717, 1.165) is 10.6 Å². The highest BCUT2D eigenvalue weighted by Crippen LogP contribution is 2.29. The van der Waals surface area contributed by atoms with Crippen LogP contribution in [0.15, 0.2) is 70.6 Å². The van der Waals surface area contributed by atoms with Crippen LogP contribution in [0, 0.1) is 0 Å². The summed E-state index contributed by atoms with van der Waals surface area (Å²) in [6, 6.07) is 18.1. The van der Waals surface area contributed by atoms with Gasteiger partial charge < -0.3 is 19.3 Å². The van der Waals surface area contributed by atoms with Gasteiger partial charge in [0.05, 0.1) is 23.2 Å². The molecule has 0 saturated carbocycles. The summed E-state index contributed by atoms with van der Waals surface area (Å²) in [5, 5.41) is 8.80. The van der Waals surface area contributed by atoms with Gasteiger partial charge in [0.2, 0.25) is 5.82 Å². The zero-order valence-corrected chi connectivity index (χ0v) is 16.3. The second-order valence-corrected chi connectivity index (χ2v) is 6.91. The highest BCUT2D eigenvalue weighted by molar-refractivity contribution is 7.13. The highest BCUT2D eigenvalue weighted by atomic mass is 32.1. The number of carbonyl (C=O) groups excluding carboxylic acids is 1. The summed E-state index contributed by atoms with van der Waals surface area (Å²) in [4.78, 5) is 17.7. The number of hydrogen-bond donors (Lipinski definition) is 1. The first-order valence-corrected chi connectivity index (χ1v) is 9.64. The van der Waals surface area contributed by atoms with Crippen LogP contribution in [0.2, 0.25) is 0 Å². The van der Waals surface area contributed by atoms with E-state index in [1.54, 1.807) is 37.4 Å². The number of benzene rings is 2. The van der Waals surface area contributed by atoms with E-state index in [0.29, 0.717) is 28.7 Å². The van der Waals surface area contributed by atoms with E-state index in [1.807, 2.05) is 35.7 Å². The quantitative estimate of drug-likeness (QED) is 0.486. The molecule has 0 aliphatic rings. The molecular formula is C21H17N3O4S. The molecule has 0 spiro atoms. The van der Waals surface area contributed by atoms with Gasteiger partial charge in [0.25, 0.3) is 11.8 Å². The van der Waals surface area contributed by atoms with Gasteiger partial charge in [-0.1, -0.05) is 23.4 Å². The molecule has 2 heterocycles. The van der Waals surface area contributed by atoms with Gasteiger partial charge in [-0.25, -0.2) is 0 Å². The van der Waals surface area contributed by atoms with Crippen molar-refractivity contribution in [2.24, 2.45) is 0 Å². The zero-order chi connectivity index (χ0) is 20.1. The molecule has 8 heteroatoms. The third kappa shape index (κ3) is 4.44. The third-order valence-corrected chi connectivity index (χ3v) is 4.89. The molecule has 0 bridgehead atoms. The second kappa shape index (κ2) is 8.57. The average molecular weight is 407 g/mol. The number of amides is 1. The number of thiophene rings is 1. The van der Waals surface area contributed by atoms with Crippen molar-refractivity contribution in [3.63, 3.8) is 0 Å². The minimum atomic E-state index is -0.300. The summed E-state index contributed by atoms with van der Waals surface area (Å²) in [6.07, 6.45) is 0. The summed E-state index contributed by atoms with van der Waals surface area (Å²) >= 11 is 1.53. The van der Waals surface area contributed by atoms with Crippen molar-refractivity contribution in [1.29, 1.82) is 0 Å². The van der Waals surface area contributed by atoms with Crippen molar-refractivity contribution in [3.8, 4) is 33.7 Å². The molecule has 0 atom stereocenters. The van der Waals surface area contributed by atoms with Crippen LogP contribution in [0.1, 0.15) is 0 Å². The Morgan fingerprint density at radius 3 is 2.62 bits per heavy atom. The van der Waals surface area contributed by atoms with Gasteiger partial charge in [0.15, 0.2) is 6.61 Å². The standard InChI is InChI=1S/C21H17N3O4S/c1-26-14-8-10-15(11-9-14)27-13-19(25)22-17-6-3-2-5-16(17)21-23-20(24-28-21)18-7-4-12-29-18/h2-12H,13H2,1H3,(H,22,25). The number of hydrogen-bond acceptors (Lipinski definition) is 7. The average Bonchev–Trinajstić information content (AvgIpc) is 3.45. The largest absolute Gasteiger partial charge is 0.497 e. The number of nitrogens with one attached hydrogen (secondary N) is 1. The molecule has 1 amide bonds. The van der Waals surface area contributed by atoms with Crippen molar-refractivity contribution in [1.82, 2.24) is 10.1 Å². The van der Waals surface area contributed by atoms with E-state index < -0.39 is 0 Å². The van der Waals surface area contributed by atoms with Gasteiger partial charge in [-0.05, 0) is 47.8 Å². The molecule has 146 valence electrons. The van der Waals surface area contributed by atoms with Crippen molar-refractivity contribution >= 4 is 22.9 Å². The molecule has 0 saturated heterocycles. The molecule has 0 radical (unpaired) electrons. The minimum Gasteiger partial charge on any atom is -0.497 e. The second-order valence-electron chi connectivity index (χ2n) is 5.96. The normalized spacial score (nSPS) is 10.5. The van der Waals surface area contributed by atoms with Gasteiger partial charge in [-0.15, -0.1) is 11.3 Å². The molecule has 0 aliphatic heterocycles. The predicted octanol–water partition coefficient (Wildman–Crippen LogP) is 4.49. The molecular weight excluding hydrogens is 390 g/mol. The Kier molecular flexibility index (Phi) is 5.53. The van der Waals surface area contributed by atoms with Gasteiger partial charge in [0, 0.05) is 0 Å².